The van der Waals surface area contributed by atoms with Gasteiger partial charge in [0.1, 0.15) is 5.69 Å². The molecule has 1 rings (SSSR count). The van der Waals surface area contributed by atoms with Crippen LogP contribution in [0, 0.1) is 0 Å². The second-order valence-electron chi connectivity index (χ2n) is 3.10. The van der Waals surface area contributed by atoms with Gasteiger partial charge in [-0.1, -0.05) is 0 Å². The number of carbonyl (C=O) groups excluding carboxylic acids is 1. The van der Waals surface area contributed by atoms with E-state index < -0.39 is 0 Å². The quantitative estimate of drug-likeness (QED) is 0.844. The summed E-state index contributed by atoms with van der Waals surface area (Å²) in [5.74, 6) is -0.255. The third-order valence-electron chi connectivity index (χ3n) is 1.81. The van der Waals surface area contributed by atoms with Crippen molar-refractivity contribution in [3.8, 4) is 0 Å². The van der Waals surface area contributed by atoms with Gasteiger partial charge >= 0.3 is 0 Å². The van der Waals surface area contributed by atoms with E-state index in [1.54, 1.807) is 25.4 Å². The number of amides is 1. The Labute approximate surface area is 107 Å². The number of pyridine rings is 1. The van der Waals surface area contributed by atoms with Crippen molar-refractivity contribution in [2.45, 2.75) is 5.38 Å². The van der Waals surface area contributed by atoms with Crippen molar-refractivity contribution in [2.75, 3.05) is 20.3 Å². The zero-order valence-electron chi connectivity index (χ0n) is 8.74. The van der Waals surface area contributed by atoms with Crippen molar-refractivity contribution in [1.29, 1.82) is 0 Å². The lowest BCUT2D eigenvalue weighted by atomic mass is 10.3. The highest BCUT2D eigenvalue weighted by atomic mass is 79.9. The SMILES string of the molecule is COCC(Cl)CNC(=O)c1ncccc1Br. The van der Waals surface area contributed by atoms with E-state index in [2.05, 4.69) is 26.2 Å². The normalized spacial score (nSPS) is 12.2. The average Bonchev–Trinajstić information content (AvgIpc) is 2.27. The summed E-state index contributed by atoms with van der Waals surface area (Å²) in [7, 11) is 1.56. The first-order valence-electron chi connectivity index (χ1n) is 4.67. The number of halogens is 2. The number of nitrogens with zero attached hydrogens (tertiary/aromatic N) is 1. The van der Waals surface area contributed by atoms with Gasteiger partial charge in [-0.3, -0.25) is 4.79 Å². The smallest absolute Gasteiger partial charge is 0.271 e. The topological polar surface area (TPSA) is 51.2 Å². The second-order valence-corrected chi connectivity index (χ2v) is 4.57. The summed E-state index contributed by atoms with van der Waals surface area (Å²) in [4.78, 5) is 15.6. The number of alkyl halides is 1. The molecule has 0 aliphatic carbocycles. The predicted molar refractivity (Wildman–Crippen MR) is 65.8 cm³/mol. The molecule has 1 atom stereocenters. The van der Waals surface area contributed by atoms with Gasteiger partial charge in [-0.15, -0.1) is 11.6 Å². The van der Waals surface area contributed by atoms with Crippen LogP contribution in [-0.4, -0.2) is 36.5 Å². The van der Waals surface area contributed by atoms with Crippen LogP contribution in [0.1, 0.15) is 10.5 Å². The summed E-state index contributed by atoms with van der Waals surface area (Å²) in [6.07, 6.45) is 1.56. The third kappa shape index (κ3) is 4.08. The highest BCUT2D eigenvalue weighted by Gasteiger charge is 2.12. The molecule has 1 heterocycles. The first-order valence-corrected chi connectivity index (χ1v) is 5.89. The van der Waals surface area contributed by atoms with Crippen molar-refractivity contribution in [3.05, 3.63) is 28.5 Å². The molecule has 0 aliphatic rings. The van der Waals surface area contributed by atoms with Crippen molar-refractivity contribution in [1.82, 2.24) is 10.3 Å². The van der Waals surface area contributed by atoms with Crippen LogP contribution in [0.3, 0.4) is 0 Å². The van der Waals surface area contributed by atoms with E-state index in [1.807, 2.05) is 0 Å². The molecule has 1 N–H and O–H groups in total. The maximum absolute atomic E-state index is 11.7. The van der Waals surface area contributed by atoms with Gasteiger partial charge < -0.3 is 10.1 Å². The lowest BCUT2D eigenvalue weighted by molar-refractivity contribution is 0.0943. The van der Waals surface area contributed by atoms with Gasteiger partial charge in [-0.2, -0.15) is 0 Å². The van der Waals surface area contributed by atoms with Crippen LogP contribution in [0.2, 0.25) is 0 Å². The number of methoxy groups -OCH3 is 1. The highest BCUT2D eigenvalue weighted by molar-refractivity contribution is 9.10. The summed E-state index contributed by atoms with van der Waals surface area (Å²) >= 11 is 9.13. The molecule has 0 bridgehead atoms. The Balaban J connectivity index is 2.50. The molecule has 88 valence electrons. The Morgan fingerprint density at radius 2 is 2.50 bits per heavy atom. The van der Waals surface area contributed by atoms with Crippen molar-refractivity contribution >= 4 is 33.4 Å². The number of carbonyl (C=O) groups is 1. The molecular weight excluding hydrogens is 295 g/mol. The van der Waals surface area contributed by atoms with E-state index in [-0.39, 0.29) is 11.3 Å². The first kappa shape index (κ1) is 13.4. The molecule has 6 heteroatoms. The minimum Gasteiger partial charge on any atom is -0.383 e. The Hall–Kier alpha value is -0.650. The van der Waals surface area contributed by atoms with E-state index in [9.17, 15) is 4.79 Å². The van der Waals surface area contributed by atoms with E-state index >= 15 is 0 Å². The van der Waals surface area contributed by atoms with Crippen LogP contribution >= 0.6 is 27.5 Å². The van der Waals surface area contributed by atoms with Crippen LogP contribution in [0.25, 0.3) is 0 Å². The largest absolute Gasteiger partial charge is 0.383 e. The number of rotatable bonds is 5. The Morgan fingerprint density at radius 3 is 3.12 bits per heavy atom. The molecule has 1 aromatic rings. The zero-order valence-corrected chi connectivity index (χ0v) is 11.1. The van der Waals surface area contributed by atoms with Crippen molar-refractivity contribution in [3.63, 3.8) is 0 Å². The molecule has 1 aromatic heterocycles. The average molecular weight is 308 g/mol. The molecule has 1 unspecified atom stereocenters. The fourth-order valence-corrected chi connectivity index (χ4v) is 1.72. The number of ether oxygens (including phenoxy) is 1. The summed E-state index contributed by atoms with van der Waals surface area (Å²) in [5, 5.41) is 2.44. The van der Waals surface area contributed by atoms with Gasteiger partial charge in [0, 0.05) is 24.3 Å². The summed E-state index contributed by atoms with van der Waals surface area (Å²) in [5.41, 5.74) is 0.351. The molecule has 0 spiro atoms. The summed E-state index contributed by atoms with van der Waals surface area (Å²) in [6.45, 7) is 0.739. The third-order valence-corrected chi connectivity index (χ3v) is 2.73. The highest BCUT2D eigenvalue weighted by Crippen LogP contribution is 2.12. The minimum atomic E-state index is -0.255. The summed E-state index contributed by atoms with van der Waals surface area (Å²) < 4.78 is 5.51. The lowest BCUT2D eigenvalue weighted by Crippen LogP contribution is -2.32. The first-order chi connectivity index (χ1) is 7.65. The van der Waals surface area contributed by atoms with Gasteiger partial charge in [-0.25, -0.2) is 4.98 Å². The molecule has 0 saturated heterocycles. The van der Waals surface area contributed by atoms with Gasteiger partial charge in [0.15, 0.2) is 0 Å². The van der Waals surface area contributed by atoms with Crippen LogP contribution in [0.4, 0.5) is 0 Å². The monoisotopic (exact) mass is 306 g/mol. The molecule has 0 fully saturated rings. The molecule has 0 aliphatic heterocycles. The Morgan fingerprint density at radius 1 is 1.75 bits per heavy atom. The fraction of sp³-hybridized carbons (Fsp3) is 0.400. The maximum Gasteiger partial charge on any atom is 0.271 e. The number of nitrogens with one attached hydrogen (secondary N) is 1. The molecule has 16 heavy (non-hydrogen) atoms. The molecule has 0 radical (unpaired) electrons. The van der Waals surface area contributed by atoms with Crippen LogP contribution in [0.15, 0.2) is 22.8 Å². The second kappa shape index (κ2) is 6.83. The predicted octanol–water partition coefficient (Wildman–Crippen LogP) is 1.83. The lowest BCUT2D eigenvalue weighted by Gasteiger charge is -2.09. The minimum absolute atomic E-state index is 0.239. The molecule has 4 nitrogen and oxygen atoms in total. The van der Waals surface area contributed by atoms with E-state index in [0.29, 0.717) is 23.3 Å². The van der Waals surface area contributed by atoms with E-state index in [0.717, 1.165) is 0 Å². The van der Waals surface area contributed by atoms with Crippen molar-refractivity contribution in [2.24, 2.45) is 0 Å². The van der Waals surface area contributed by atoms with Gasteiger partial charge in [0.25, 0.3) is 5.91 Å². The van der Waals surface area contributed by atoms with Gasteiger partial charge in [0.2, 0.25) is 0 Å². The number of aromatic nitrogens is 1. The summed E-state index contributed by atoms with van der Waals surface area (Å²) in [6, 6.07) is 3.51. The van der Waals surface area contributed by atoms with Gasteiger partial charge in [0.05, 0.1) is 12.0 Å². The van der Waals surface area contributed by atoms with E-state index in [1.165, 1.54) is 0 Å². The Kier molecular flexibility index (Phi) is 5.73. The molecular formula is C10H12BrClN2O2. The van der Waals surface area contributed by atoms with Crippen LogP contribution < -0.4 is 5.32 Å². The van der Waals surface area contributed by atoms with Gasteiger partial charge in [-0.05, 0) is 28.1 Å². The molecule has 0 saturated carbocycles. The van der Waals surface area contributed by atoms with Crippen LogP contribution in [-0.2, 0) is 4.74 Å². The Bertz CT molecular complexity index is 362. The molecule has 0 aromatic carbocycles. The number of hydrogen-bond donors (Lipinski definition) is 1. The molecule has 1 amide bonds. The van der Waals surface area contributed by atoms with E-state index in [4.69, 9.17) is 16.3 Å². The maximum atomic E-state index is 11.7. The standard InChI is InChI=1S/C10H12BrClN2O2/c1-16-6-7(12)5-14-10(15)9-8(11)3-2-4-13-9/h2-4,7H,5-6H2,1H3,(H,14,15). The zero-order chi connectivity index (χ0) is 12.0. The number of hydrogen-bond acceptors (Lipinski definition) is 3. The van der Waals surface area contributed by atoms with Crippen molar-refractivity contribution < 1.29 is 9.53 Å². The fourth-order valence-electron chi connectivity index (χ4n) is 1.08. The van der Waals surface area contributed by atoms with Crippen LogP contribution in [0.5, 0.6) is 0 Å².